The van der Waals surface area contributed by atoms with E-state index in [1.807, 2.05) is 13.8 Å². The minimum atomic E-state index is -0.173. The Bertz CT molecular complexity index is 150. The molecule has 2 unspecified atom stereocenters. The van der Waals surface area contributed by atoms with Crippen LogP contribution in [-0.4, -0.2) is 48.5 Å². The molecule has 0 bridgehead atoms. The molecule has 1 heterocycles. The van der Waals surface area contributed by atoms with E-state index in [2.05, 4.69) is 4.90 Å². The van der Waals surface area contributed by atoms with Gasteiger partial charge in [-0.15, -0.1) is 0 Å². The number of nitrogens with zero attached hydrogens (tertiary/aromatic N) is 1. The van der Waals surface area contributed by atoms with Gasteiger partial charge in [0.15, 0.2) is 0 Å². The average Bonchev–Trinajstić information content (AvgIpc) is 2.52. The molecule has 1 fully saturated rings. The lowest BCUT2D eigenvalue weighted by Gasteiger charge is -2.25. The van der Waals surface area contributed by atoms with E-state index < -0.39 is 0 Å². The number of hydrogen-bond acceptors (Lipinski definition) is 3. The molecule has 0 spiro atoms. The highest BCUT2D eigenvalue weighted by Crippen LogP contribution is 2.20. The van der Waals surface area contributed by atoms with Gasteiger partial charge in [0.2, 0.25) is 0 Å². The summed E-state index contributed by atoms with van der Waals surface area (Å²) < 4.78 is 5.34. The molecule has 0 amide bonds. The van der Waals surface area contributed by atoms with Crippen LogP contribution < -0.4 is 0 Å². The van der Waals surface area contributed by atoms with E-state index in [1.165, 1.54) is 19.4 Å². The zero-order chi connectivity index (χ0) is 10.4. The third-order valence-electron chi connectivity index (χ3n) is 2.84. The summed E-state index contributed by atoms with van der Waals surface area (Å²) in [6.45, 7) is 7.72. The van der Waals surface area contributed by atoms with Crippen molar-refractivity contribution in [2.45, 2.75) is 45.3 Å². The van der Waals surface area contributed by atoms with Crippen molar-refractivity contribution < 1.29 is 9.84 Å². The van der Waals surface area contributed by atoms with Crippen LogP contribution in [0, 0.1) is 0 Å². The van der Waals surface area contributed by atoms with Crippen molar-refractivity contribution in [3.05, 3.63) is 0 Å². The normalized spacial score (nSPS) is 25.5. The van der Waals surface area contributed by atoms with Crippen LogP contribution in [0.1, 0.15) is 33.1 Å². The zero-order valence-electron chi connectivity index (χ0n) is 9.41. The highest BCUT2D eigenvalue weighted by Gasteiger charge is 2.24. The highest BCUT2D eigenvalue weighted by atomic mass is 16.5. The molecule has 0 saturated carbocycles. The first-order valence-corrected chi connectivity index (χ1v) is 5.74. The van der Waals surface area contributed by atoms with Crippen molar-refractivity contribution in [1.82, 2.24) is 4.90 Å². The molecule has 1 N–H and O–H groups in total. The molecule has 0 aromatic rings. The summed E-state index contributed by atoms with van der Waals surface area (Å²) in [5, 5.41) is 9.34. The van der Waals surface area contributed by atoms with Crippen LogP contribution in [0.5, 0.6) is 0 Å². The first-order valence-electron chi connectivity index (χ1n) is 5.74. The smallest absolute Gasteiger partial charge is 0.0593 e. The molecular formula is C11H23NO2. The largest absolute Gasteiger partial charge is 0.393 e. The molecule has 84 valence electrons. The van der Waals surface area contributed by atoms with Crippen LogP contribution in [0.4, 0.5) is 0 Å². The monoisotopic (exact) mass is 201 g/mol. The minimum Gasteiger partial charge on any atom is -0.393 e. The third-order valence-corrected chi connectivity index (χ3v) is 2.84. The number of likely N-dealkylation sites (tertiary alicyclic amines) is 1. The molecule has 2 atom stereocenters. The average molecular weight is 201 g/mol. The molecule has 1 aliphatic heterocycles. The second kappa shape index (κ2) is 6.38. The van der Waals surface area contributed by atoms with E-state index in [9.17, 15) is 5.11 Å². The Morgan fingerprint density at radius 3 is 3.00 bits per heavy atom. The maximum absolute atomic E-state index is 9.34. The van der Waals surface area contributed by atoms with Crippen molar-refractivity contribution in [2.24, 2.45) is 0 Å². The number of aliphatic hydroxyl groups excluding tert-OH is 1. The quantitative estimate of drug-likeness (QED) is 0.657. The maximum atomic E-state index is 9.34. The molecule has 3 heteroatoms. The van der Waals surface area contributed by atoms with Crippen LogP contribution in [0.15, 0.2) is 0 Å². The fraction of sp³-hybridized carbons (Fsp3) is 1.00. The number of rotatable bonds is 6. The molecule has 1 aliphatic rings. The van der Waals surface area contributed by atoms with Crippen molar-refractivity contribution in [1.29, 1.82) is 0 Å². The number of ether oxygens (including phenoxy) is 1. The fourth-order valence-electron chi connectivity index (χ4n) is 2.18. The van der Waals surface area contributed by atoms with Crippen LogP contribution in [0.2, 0.25) is 0 Å². The maximum Gasteiger partial charge on any atom is 0.0593 e. The van der Waals surface area contributed by atoms with Crippen molar-refractivity contribution >= 4 is 0 Å². The summed E-state index contributed by atoms with van der Waals surface area (Å²) in [5.41, 5.74) is 0. The summed E-state index contributed by atoms with van der Waals surface area (Å²) in [5.74, 6) is 0. The SMILES string of the molecule is CCOCCN1CCCC1CC(C)O. The van der Waals surface area contributed by atoms with E-state index in [1.54, 1.807) is 0 Å². The van der Waals surface area contributed by atoms with Gasteiger partial charge in [0.25, 0.3) is 0 Å². The van der Waals surface area contributed by atoms with Gasteiger partial charge in [0.05, 0.1) is 12.7 Å². The number of hydrogen-bond donors (Lipinski definition) is 1. The Hall–Kier alpha value is -0.120. The Morgan fingerprint density at radius 1 is 1.57 bits per heavy atom. The first-order chi connectivity index (χ1) is 6.74. The summed E-state index contributed by atoms with van der Waals surface area (Å²) in [6, 6.07) is 0.579. The molecule has 0 aromatic carbocycles. The van der Waals surface area contributed by atoms with Gasteiger partial charge < -0.3 is 9.84 Å². The summed E-state index contributed by atoms with van der Waals surface area (Å²) in [4.78, 5) is 2.45. The van der Waals surface area contributed by atoms with E-state index in [0.717, 1.165) is 26.2 Å². The molecule has 1 saturated heterocycles. The Balaban J connectivity index is 2.21. The van der Waals surface area contributed by atoms with Gasteiger partial charge in [0.1, 0.15) is 0 Å². The van der Waals surface area contributed by atoms with E-state index in [0.29, 0.717) is 6.04 Å². The lowest BCUT2D eigenvalue weighted by molar-refractivity contribution is 0.0899. The summed E-state index contributed by atoms with van der Waals surface area (Å²) in [6.07, 6.45) is 3.24. The molecule has 0 aliphatic carbocycles. The van der Waals surface area contributed by atoms with Crippen LogP contribution in [0.25, 0.3) is 0 Å². The van der Waals surface area contributed by atoms with Crippen LogP contribution in [0.3, 0.4) is 0 Å². The van der Waals surface area contributed by atoms with Crippen LogP contribution >= 0.6 is 0 Å². The van der Waals surface area contributed by atoms with Gasteiger partial charge in [-0.2, -0.15) is 0 Å². The molecule has 3 nitrogen and oxygen atoms in total. The van der Waals surface area contributed by atoms with Crippen LogP contribution in [-0.2, 0) is 4.74 Å². The second-order valence-electron chi connectivity index (χ2n) is 4.11. The minimum absolute atomic E-state index is 0.173. The van der Waals surface area contributed by atoms with Gasteiger partial charge in [-0.25, -0.2) is 0 Å². The predicted octanol–water partition coefficient (Wildman–Crippen LogP) is 1.26. The Morgan fingerprint density at radius 2 is 2.36 bits per heavy atom. The predicted molar refractivity (Wildman–Crippen MR) is 57.4 cm³/mol. The Kier molecular flexibility index (Phi) is 5.45. The van der Waals surface area contributed by atoms with E-state index in [4.69, 9.17) is 4.74 Å². The van der Waals surface area contributed by atoms with Crippen molar-refractivity contribution in [2.75, 3.05) is 26.3 Å². The van der Waals surface area contributed by atoms with E-state index in [-0.39, 0.29) is 6.10 Å². The first kappa shape index (κ1) is 12.0. The lowest BCUT2D eigenvalue weighted by Crippen LogP contribution is -2.34. The molecule has 0 radical (unpaired) electrons. The van der Waals surface area contributed by atoms with Gasteiger partial charge >= 0.3 is 0 Å². The molecular weight excluding hydrogens is 178 g/mol. The topological polar surface area (TPSA) is 32.7 Å². The van der Waals surface area contributed by atoms with Crippen molar-refractivity contribution in [3.8, 4) is 0 Å². The fourth-order valence-corrected chi connectivity index (χ4v) is 2.18. The third kappa shape index (κ3) is 3.95. The molecule has 0 aromatic heterocycles. The Labute approximate surface area is 87.1 Å². The number of aliphatic hydroxyl groups is 1. The highest BCUT2D eigenvalue weighted by molar-refractivity contribution is 4.80. The van der Waals surface area contributed by atoms with Gasteiger partial charge in [-0.3, -0.25) is 4.90 Å². The van der Waals surface area contributed by atoms with Gasteiger partial charge in [-0.1, -0.05) is 0 Å². The van der Waals surface area contributed by atoms with Gasteiger partial charge in [-0.05, 0) is 39.7 Å². The van der Waals surface area contributed by atoms with Crippen molar-refractivity contribution in [3.63, 3.8) is 0 Å². The zero-order valence-corrected chi connectivity index (χ0v) is 9.41. The molecule has 1 rings (SSSR count). The van der Waals surface area contributed by atoms with E-state index >= 15 is 0 Å². The molecule has 14 heavy (non-hydrogen) atoms. The summed E-state index contributed by atoms with van der Waals surface area (Å²) in [7, 11) is 0. The summed E-state index contributed by atoms with van der Waals surface area (Å²) >= 11 is 0. The standard InChI is InChI=1S/C11H23NO2/c1-3-14-8-7-12-6-4-5-11(12)9-10(2)13/h10-11,13H,3-9H2,1-2H3. The van der Waals surface area contributed by atoms with Gasteiger partial charge in [0, 0.05) is 19.2 Å². The second-order valence-corrected chi connectivity index (χ2v) is 4.11. The lowest BCUT2D eigenvalue weighted by atomic mass is 10.1.